The maximum Gasteiger partial charge on any atom is 0.223 e. The third-order valence-corrected chi connectivity index (χ3v) is 4.30. The second-order valence-corrected chi connectivity index (χ2v) is 5.66. The standard InChI is InChI=1S/C12H8BrN3OS/c1-16-10(12(13)14-15-16)11(17)9-6-7-4-2-3-5-8(7)18-9/h2-6H,1H3. The lowest BCUT2D eigenvalue weighted by Gasteiger charge is -1.97. The van der Waals surface area contributed by atoms with Crippen LogP contribution in [-0.4, -0.2) is 20.8 Å². The molecule has 2 heterocycles. The number of thiophene rings is 1. The van der Waals surface area contributed by atoms with E-state index in [-0.39, 0.29) is 5.78 Å². The monoisotopic (exact) mass is 321 g/mol. The van der Waals surface area contributed by atoms with E-state index in [9.17, 15) is 4.79 Å². The number of aryl methyl sites for hydroxylation is 1. The number of nitrogens with zero attached hydrogens (tertiary/aromatic N) is 3. The maximum absolute atomic E-state index is 12.4. The highest BCUT2D eigenvalue weighted by Crippen LogP contribution is 2.28. The Kier molecular flexibility index (Phi) is 2.76. The Bertz CT molecular complexity index is 694. The normalized spacial score (nSPS) is 11.0. The Balaban J connectivity index is 2.12. The first-order valence-electron chi connectivity index (χ1n) is 5.25. The summed E-state index contributed by atoms with van der Waals surface area (Å²) in [6, 6.07) is 9.84. The second kappa shape index (κ2) is 4.29. The molecule has 0 saturated heterocycles. The van der Waals surface area contributed by atoms with Crippen LogP contribution in [0.1, 0.15) is 15.4 Å². The maximum atomic E-state index is 12.4. The molecule has 0 N–H and O–H groups in total. The molecule has 0 aliphatic carbocycles. The molecule has 3 aromatic rings. The van der Waals surface area contributed by atoms with Crippen LogP contribution in [0.3, 0.4) is 0 Å². The molecular formula is C12H8BrN3OS. The highest BCUT2D eigenvalue weighted by molar-refractivity contribution is 9.10. The first-order chi connectivity index (χ1) is 8.66. The van der Waals surface area contributed by atoms with Crippen LogP contribution in [0.5, 0.6) is 0 Å². The number of aromatic nitrogens is 3. The van der Waals surface area contributed by atoms with Crippen LogP contribution in [0.25, 0.3) is 10.1 Å². The molecular weight excluding hydrogens is 314 g/mol. The molecule has 0 bridgehead atoms. The van der Waals surface area contributed by atoms with E-state index in [4.69, 9.17) is 0 Å². The fourth-order valence-electron chi connectivity index (χ4n) is 1.78. The number of fused-ring (bicyclic) bond motifs is 1. The molecule has 0 amide bonds. The smallest absolute Gasteiger partial charge is 0.223 e. The summed E-state index contributed by atoms with van der Waals surface area (Å²) in [6.07, 6.45) is 0. The molecule has 4 nitrogen and oxygen atoms in total. The van der Waals surface area contributed by atoms with Gasteiger partial charge in [-0.2, -0.15) is 0 Å². The van der Waals surface area contributed by atoms with Crippen molar-refractivity contribution in [3.63, 3.8) is 0 Å². The lowest BCUT2D eigenvalue weighted by Crippen LogP contribution is -2.07. The van der Waals surface area contributed by atoms with Crippen molar-refractivity contribution in [2.24, 2.45) is 7.05 Å². The van der Waals surface area contributed by atoms with Crippen LogP contribution < -0.4 is 0 Å². The van der Waals surface area contributed by atoms with Gasteiger partial charge in [0.05, 0.1) is 4.88 Å². The van der Waals surface area contributed by atoms with Crippen LogP contribution in [0.4, 0.5) is 0 Å². The minimum atomic E-state index is -0.0597. The van der Waals surface area contributed by atoms with Crippen molar-refractivity contribution >= 4 is 43.1 Å². The molecule has 0 atom stereocenters. The van der Waals surface area contributed by atoms with Crippen molar-refractivity contribution in [1.29, 1.82) is 0 Å². The number of hydrogen-bond donors (Lipinski definition) is 0. The van der Waals surface area contributed by atoms with Crippen LogP contribution in [0.2, 0.25) is 0 Å². The van der Waals surface area contributed by atoms with E-state index in [1.54, 1.807) is 7.05 Å². The summed E-state index contributed by atoms with van der Waals surface area (Å²) in [5.74, 6) is -0.0597. The highest BCUT2D eigenvalue weighted by Gasteiger charge is 2.20. The Labute approximate surface area is 115 Å². The van der Waals surface area contributed by atoms with Gasteiger partial charge in [0.1, 0.15) is 5.69 Å². The van der Waals surface area contributed by atoms with Crippen LogP contribution in [0.15, 0.2) is 34.9 Å². The van der Waals surface area contributed by atoms with Gasteiger partial charge in [0, 0.05) is 11.7 Å². The lowest BCUT2D eigenvalue weighted by atomic mass is 10.2. The minimum absolute atomic E-state index is 0.0597. The Hall–Kier alpha value is -1.53. The molecule has 0 radical (unpaired) electrons. The third-order valence-electron chi connectivity index (χ3n) is 2.65. The summed E-state index contributed by atoms with van der Waals surface area (Å²) in [7, 11) is 1.71. The van der Waals surface area contributed by atoms with E-state index in [0.717, 1.165) is 10.1 Å². The number of rotatable bonds is 2. The molecule has 90 valence electrons. The van der Waals surface area contributed by atoms with Crippen molar-refractivity contribution in [2.45, 2.75) is 0 Å². The third kappa shape index (κ3) is 1.77. The van der Waals surface area contributed by atoms with Crippen molar-refractivity contribution in [2.75, 3.05) is 0 Å². The zero-order valence-electron chi connectivity index (χ0n) is 9.42. The van der Waals surface area contributed by atoms with Gasteiger partial charge in [-0.1, -0.05) is 23.4 Å². The van der Waals surface area contributed by atoms with Gasteiger partial charge >= 0.3 is 0 Å². The van der Waals surface area contributed by atoms with Crippen LogP contribution in [-0.2, 0) is 7.05 Å². The lowest BCUT2D eigenvalue weighted by molar-refractivity contribution is 0.103. The zero-order chi connectivity index (χ0) is 12.7. The largest absolute Gasteiger partial charge is 0.286 e. The summed E-state index contributed by atoms with van der Waals surface area (Å²) in [6.45, 7) is 0. The molecule has 0 fully saturated rings. The molecule has 0 spiro atoms. The topological polar surface area (TPSA) is 47.8 Å². The Morgan fingerprint density at radius 1 is 1.39 bits per heavy atom. The van der Waals surface area contributed by atoms with E-state index < -0.39 is 0 Å². The highest BCUT2D eigenvalue weighted by atomic mass is 79.9. The number of halogens is 1. The minimum Gasteiger partial charge on any atom is -0.286 e. The summed E-state index contributed by atoms with van der Waals surface area (Å²) < 4.78 is 3.07. The summed E-state index contributed by atoms with van der Waals surface area (Å²) in [4.78, 5) is 13.1. The van der Waals surface area contributed by atoms with Crippen LogP contribution >= 0.6 is 27.3 Å². The molecule has 18 heavy (non-hydrogen) atoms. The van der Waals surface area contributed by atoms with Gasteiger partial charge in [-0.25, -0.2) is 4.68 Å². The number of carbonyl (C=O) groups is 1. The van der Waals surface area contributed by atoms with E-state index in [0.29, 0.717) is 15.2 Å². The Morgan fingerprint density at radius 2 is 2.17 bits per heavy atom. The molecule has 1 aromatic carbocycles. The van der Waals surface area contributed by atoms with E-state index in [2.05, 4.69) is 26.2 Å². The molecule has 0 aliphatic heterocycles. The van der Waals surface area contributed by atoms with Gasteiger partial charge in [0.15, 0.2) is 4.60 Å². The predicted molar refractivity (Wildman–Crippen MR) is 74.0 cm³/mol. The molecule has 0 saturated carbocycles. The fourth-order valence-corrected chi connectivity index (χ4v) is 3.29. The van der Waals surface area contributed by atoms with Crippen LogP contribution in [0, 0.1) is 0 Å². The zero-order valence-corrected chi connectivity index (χ0v) is 11.8. The number of carbonyl (C=O) groups excluding carboxylic acids is 1. The predicted octanol–water partition coefficient (Wildman–Crippen LogP) is 3.02. The van der Waals surface area contributed by atoms with Gasteiger partial charge in [-0.05, 0) is 33.4 Å². The first kappa shape index (κ1) is 11.6. The van der Waals surface area contributed by atoms with E-state index in [1.807, 2.05) is 30.3 Å². The van der Waals surface area contributed by atoms with E-state index >= 15 is 0 Å². The fraction of sp³-hybridized carbons (Fsp3) is 0.0833. The molecule has 2 aromatic heterocycles. The molecule has 0 unspecified atom stereocenters. The molecule has 3 rings (SSSR count). The van der Waals surface area contributed by atoms with Crippen molar-refractivity contribution < 1.29 is 4.79 Å². The summed E-state index contributed by atoms with van der Waals surface area (Å²) in [5, 5.41) is 8.73. The second-order valence-electron chi connectivity index (χ2n) is 3.83. The van der Waals surface area contributed by atoms with Crippen molar-refractivity contribution in [1.82, 2.24) is 15.0 Å². The number of ketones is 1. The van der Waals surface area contributed by atoms with Crippen molar-refractivity contribution in [3.05, 3.63) is 45.5 Å². The molecule has 6 heteroatoms. The van der Waals surface area contributed by atoms with Gasteiger partial charge < -0.3 is 0 Å². The quantitative estimate of drug-likeness (QED) is 0.682. The Morgan fingerprint density at radius 3 is 2.83 bits per heavy atom. The first-order valence-corrected chi connectivity index (χ1v) is 6.86. The van der Waals surface area contributed by atoms with Gasteiger partial charge in [-0.15, -0.1) is 16.4 Å². The number of hydrogen-bond acceptors (Lipinski definition) is 4. The van der Waals surface area contributed by atoms with E-state index in [1.165, 1.54) is 16.0 Å². The SMILES string of the molecule is Cn1nnc(Br)c1C(=O)c1cc2ccccc2s1. The number of benzene rings is 1. The van der Waals surface area contributed by atoms with Crippen molar-refractivity contribution in [3.8, 4) is 0 Å². The molecule has 0 aliphatic rings. The van der Waals surface area contributed by atoms with Gasteiger partial charge in [0.2, 0.25) is 5.78 Å². The average molecular weight is 322 g/mol. The van der Waals surface area contributed by atoms with Gasteiger partial charge in [-0.3, -0.25) is 4.79 Å². The summed E-state index contributed by atoms with van der Waals surface area (Å²) in [5.41, 5.74) is 0.474. The average Bonchev–Trinajstić information content (AvgIpc) is 2.92. The van der Waals surface area contributed by atoms with Gasteiger partial charge in [0.25, 0.3) is 0 Å². The summed E-state index contributed by atoms with van der Waals surface area (Å²) >= 11 is 4.73.